The maximum atomic E-state index is 12.2. The lowest BCUT2D eigenvalue weighted by Crippen LogP contribution is -2.48. The summed E-state index contributed by atoms with van der Waals surface area (Å²) in [6, 6.07) is 0.352. The quantitative estimate of drug-likeness (QED) is 0.474. The van der Waals surface area contributed by atoms with Crippen molar-refractivity contribution < 1.29 is 14.3 Å². The molecule has 1 aromatic heterocycles. The summed E-state index contributed by atoms with van der Waals surface area (Å²) < 4.78 is 12.2. The molecule has 3 heterocycles. The Kier molecular flexibility index (Phi) is 5.55. The van der Waals surface area contributed by atoms with Crippen molar-refractivity contribution in [3.8, 4) is 5.75 Å². The Balaban J connectivity index is 1.67. The molecule has 8 heteroatoms. The molecule has 2 aliphatic heterocycles. The van der Waals surface area contributed by atoms with Gasteiger partial charge in [-0.2, -0.15) is 0 Å². The van der Waals surface area contributed by atoms with Crippen LogP contribution in [0.3, 0.4) is 0 Å². The molecule has 25 heavy (non-hydrogen) atoms. The number of fused-ring (bicyclic) bond motifs is 1. The number of hydrogen-bond donors (Lipinski definition) is 0. The van der Waals surface area contributed by atoms with Gasteiger partial charge < -0.3 is 19.3 Å². The first-order valence-corrected chi connectivity index (χ1v) is 9.81. The number of rotatable bonds is 1. The molecule has 138 valence electrons. The fourth-order valence-electron chi connectivity index (χ4n) is 3.23. The molecule has 0 saturated carbocycles. The van der Waals surface area contributed by atoms with Crippen LogP contribution in [-0.4, -0.2) is 58.8 Å². The standard InChI is InChI=1S/C17H25IN4O3/c1-17(2,3)25-16(23)21-8-5-12(6-9-21)22-7-4-10-24-13-14(18)19-11-20-15(13)22/h11-12H,4-10H2,1-3H3. The van der Waals surface area contributed by atoms with Gasteiger partial charge in [0.25, 0.3) is 0 Å². The summed E-state index contributed by atoms with van der Waals surface area (Å²) in [6.07, 6.45) is 4.14. The van der Waals surface area contributed by atoms with Crippen LogP contribution in [0.5, 0.6) is 5.75 Å². The monoisotopic (exact) mass is 460 g/mol. The van der Waals surface area contributed by atoms with Crippen molar-refractivity contribution >= 4 is 34.5 Å². The van der Waals surface area contributed by atoms with E-state index in [-0.39, 0.29) is 6.09 Å². The summed E-state index contributed by atoms with van der Waals surface area (Å²) in [4.78, 5) is 25.1. The minimum Gasteiger partial charge on any atom is -0.487 e. The molecule has 0 spiro atoms. The molecular weight excluding hydrogens is 435 g/mol. The lowest BCUT2D eigenvalue weighted by molar-refractivity contribution is 0.0204. The van der Waals surface area contributed by atoms with Gasteiger partial charge in [0.15, 0.2) is 11.6 Å². The molecule has 0 aromatic carbocycles. The Morgan fingerprint density at radius 2 is 2.00 bits per heavy atom. The zero-order valence-electron chi connectivity index (χ0n) is 15.0. The van der Waals surface area contributed by atoms with E-state index >= 15 is 0 Å². The van der Waals surface area contributed by atoms with Crippen molar-refractivity contribution in [2.24, 2.45) is 0 Å². The van der Waals surface area contributed by atoms with E-state index in [0.29, 0.717) is 25.7 Å². The lowest BCUT2D eigenvalue weighted by atomic mass is 10.0. The van der Waals surface area contributed by atoms with Crippen LogP contribution in [0.1, 0.15) is 40.0 Å². The van der Waals surface area contributed by atoms with E-state index < -0.39 is 5.60 Å². The zero-order valence-corrected chi connectivity index (χ0v) is 17.2. The summed E-state index contributed by atoms with van der Waals surface area (Å²) in [5.74, 6) is 1.67. The van der Waals surface area contributed by atoms with Gasteiger partial charge in [-0.05, 0) is 62.6 Å². The second-order valence-corrected chi connectivity index (χ2v) is 8.43. The van der Waals surface area contributed by atoms with E-state index in [2.05, 4.69) is 37.5 Å². The maximum absolute atomic E-state index is 12.2. The van der Waals surface area contributed by atoms with E-state index in [1.54, 1.807) is 11.2 Å². The Hall–Kier alpha value is -1.32. The summed E-state index contributed by atoms with van der Waals surface area (Å²) >= 11 is 2.19. The third-order valence-corrected chi connectivity index (χ3v) is 5.13. The first kappa shape index (κ1) is 18.5. The van der Waals surface area contributed by atoms with E-state index in [4.69, 9.17) is 9.47 Å². The Labute approximate surface area is 162 Å². The number of aromatic nitrogens is 2. The van der Waals surface area contributed by atoms with Crippen LogP contribution in [-0.2, 0) is 4.74 Å². The normalized spacial score (nSPS) is 19.0. The zero-order chi connectivity index (χ0) is 18.0. The lowest BCUT2D eigenvalue weighted by Gasteiger charge is -2.39. The number of nitrogens with zero attached hydrogens (tertiary/aromatic N) is 4. The topological polar surface area (TPSA) is 67.8 Å². The minimum atomic E-state index is -0.456. The highest BCUT2D eigenvalue weighted by Gasteiger charge is 2.32. The second-order valence-electron chi connectivity index (χ2n) is 7.41. The average Bonchev–Trinajstić information content (AvgIpc) is 2.77. The van der Waals surface area contributed by atoms with Crippen LogP contribution >= 0.6 is 22.6 Å². The van der Waals surface area contributed by atoms with Crippen molar-refractivity contribution in [1.29, 1.82) is 0 Å². The molecule has 2 aliphatic rings. The van der Waals surface area contributed by atoms with Crippen molar-refractivity contribution in [1.82, 2.24) is 14.9 Å². The van der Waals surface area contributed by atoms with Crippen LogP contribution in [0.15, 0.2) is 6.33 Å². The third kappa shape index (κ3) is 4.45. The van der Waals surface area contributed by atoms with Crippen LogP contribution in [0.2, 0.25) is 0 Å². The molecule has 1 saturated heterocycles. The molecule has 0 N–H and O–H groups in total. The summed E-state index contributed by atoms with van der Waals surface area (Å²) in [5, 5.41) is 0. The van der Waals surface area contributed by atoms with E-state index in [1.807, 2.05) is 20.8 Å². The van der Waals surface area contributed by atoms with Gasteiger partial charge in [-0.1, -0.05) is 0 Å². The molecule has 1 amide bonds. The van der Waals surface area contributed by atoms with Crippen LogP contribution < -0.4 is 9.64 Å². The highest BCUT2D eigenvalue weighted by Crippen LogP contribution is 2.35. The van der Waals surface area contributed by atoms with E-state index in [9.17, 15) is 4.79 Å². The van der Waals surface area contributed by atoms with E-state index in [0.717, 1.165) is 41.1 Å². The summed E-state index contributed by atoms with van der Waals surface area (Å²) in [7, 11) is 0. The number of anilines is 1. The van der Waals surface area contributed by atoms with Crippen molar-refractivity contribution in [3.63, 3.8) is 0 Å². The van der Waals surface area contributed by atoms with Gasteiger partial charge in [0.1, 0.15) is 15.6 Å². The first-order chi connectivity index (χ1) is 11.8. The first-order valence-electron chi connectivity index (χ1n) is 8.73. The fraction of sp³-hybridized carbons (Fsp3) is 0.706. The number of carbonyl (C=O) groups is 1. The van der Waals surface area contributed by atoms with Gasteiger partial charge in [-0.15, -0.1) is 0 Å². The molecule has 1 aromatic rings. The summed E-state index contributed by atoms with van der Waals surface area (Å²) in [5.41, 5.74) is -0.456. The molecule has 0 atom stereocenters. The molecule has 3 rings (SSSR count). The van der Waals surface area contributed by atoms with Gasteiger partial charge in [-0.3, -0.25) is 0 Å². The Morgan fingerprint density at radius 3 is 2.68 bits per heavy atom. The highest BCUT2D eigenvalue weighted by molar-refractivity contribution is 14.1. The predicted octanol–water partition coefficient (Wildman–Crippen LogP) is 3.07. The van der Waals surface area contributed by atoms with Crippen LogP contribution in [0, 0.1) is 3.70 Å². The number of halogens is 1. The number of hydrogen-bond acceptors (Lipinski definition) is 6. The van der Waals surface area contributed by atoms with Crippen LogP contribution in [0.4, 0.5) is 10.6 Å². The third-order valence-electron chi connectivity index (χ3n) is 4.36. The molecule has 0 bridgehead atoms. The SMILES string of the molecule is CC(C)(C)OC(=O)N1CCC(N2CCCOc3c(I)ncnc32)CC1. The number of piperidine rings is 1. The second kappa shape index (κ2) is 7.51. The molecule has 1 fully saturated rings. The smallest absolute Gasteiger partial charge is 0.410 e. The Morgan fingerprint density at radius 1 is 1.28 bits per heavy atom. The van der Waals surface area contributed by atoms with Gasteiger partial charge in [-0.25, -0.2) is 14.8 Å². The largest absolute Gasteiger partial charge is 0.487 e. The van der Waals surface area contributed by atoms with Crippen molar-refractivity contribution in [3.05, 3.63) is 10.0 Å². The molecule has 0 aliphatic carbocycles. The molecule has 0 radical (unpaired) electrons. The number of ether oxygens (including phenoxy) is 2. The van der Waals surface area contributed by atoms with E-state index in [1.165, 1.54) is 0 Å². The summed E-state index contributed by atoms with van der Waals surface area (Å²) in [6.45, 7) is 8.69. The molecule has 7 nitrogen and oxygen atoms in total. The van der Waals surface area contributed by atoms with Gasteiger partial charge in [0.2, 0.25) is 0 Å². The number of likely N-dealkylation sites (tertiary alicyclic amines) is 1. The van der Waals surface area contributed by atoms with Gasteiger partial charge in [0, 0.05) is 25.7 Å². The minimum absolute atomic E-state index is 0.220. The Bertz CT molecular complexity index is 627. The molecular formula is C17H25IN4O3. The van der Waals surface area contributed by atoms with Crippen molar-refractivity contribution in [2.45, 2.75) is 51.7 Å². The molecule has 0 unspecified atom stereocenters. The fourth-order valence-corrected chi connectivity index (χ4v) is 3.75. The average molecular weight is 460 g/mol. The number of carbonyl (C=O) groups excluding carboxylic acids is 1. The predicted molar refractivity (Wildman–Crippen MR) is 103 cm³/mol. The maximum Gasteiger partial charge on any atom is 0.410 e. The van der Waals surface area contributed by atoms with Crippen molar-refractivity contribution in [2.75, 3.05) is 31.1 Å². The van der Waals surface area contributed by atoms with Gasteiger partial charge in [0.05, 0.1) is 6.61 Å². The van der Waals surface area contributed by atoms with Gasteiger partial charge >= 0.3 is 6.09 Å². The van der Waals surface area contributed by atoms with Crippen LogP contribution in [0.25, 0.3) is 0 Å². The number of amides is 1. The highest BCUT2D eigenvalue weighted by atomic mass is 127.